The van der Waals surface area contributed by atoms with E-state index >= 15 is 0 Å². The Balaban J connectivity index is 0.00000338. The summed E-state index contributed by atoms with van der Waals surface area (Å²) < 4.78 is 27.2. The van der Waals surface area contributed by atoms with Gasteiger partial charge in [-0.3, -0.25) is 9.52 Å². The molecular weight excluding hydrogens is 569 g/mol. The molecule has 0 heterocycles. The van der Waals surface area contributed by atoms with Crippen molar-refractivity contribution >= 4 is 27.3 Å². The number of carbonyl (C=O) groups excluding carboxylic acids is 1. The summed E-state index contributed by atoms with van der Waals surface area (Å²) in [6.45, 7) is 3.10. The minimum Gasteiger partial charge on any atom is -0.665 e. The maximum Gasteiger partial charge on any atom is 0.261 e. The summed E-state index contributed by atoms with van der Waals surface area (Å²) in [6.07, 6.45) is -1.11. The Kier molecular flexibility index (Phi) is 8.70. The van der Waals surface area contributed by atoms with Gasteiger partial charge in [0.05, 0.1) is 10.6 Å². The molecule has 4 N–H and O–H groups in total. The van der Waals surface area contributed by atoms with Gasteiger partial charge >= 0.3 is 0 Å². The van der Waals surface area contributed by atoms with Crippen LogP contribution in [0, 0.1) is 51.0 Å². The van der Waals surface area contributed by atoms with E-state index in [0.29, 0.717) is 11.3 Å². The number of hydrogen-bond acceptors (Lipinski definition) is 4. The second-order valence-corrected chi connectivity index (χ2v) is 7.34. The number of carbonyl (C=O) groups is 1. The third kappa shape index (κ3) is 6.03. The number of nitrogens with one attached hydrogen (secondary N) is 3. The number of aliphatic hydroxyl groups is 1. The van der Waals surface area contributed by atoms with Crippen LogP contribution in [-0.2, 0) is 14.8 Å². The average Bonchev–Trinajstić information content (AvgIpc) is 2.57. The van der Waals surface area contributed by atoms with Gasteiger partial charge in [-0.15, -0.1) is 0 Å². The topological polar surface area (TPSA) is 119 Å². The van der Waals surface area contributed by atoms with Crippen molar-refractivity contribution in [3.8, 4) is 0 Å². The normalized spacial score (nSPS) is 13.2. The molecule has 0 aliphatic heterocycles. The predicted molar refractivity (Wildman–Crippen MR) is 96.8 cm³/mol. The summed E-state index contributed by atoms with van der Waals surface area (Å²) in [6, 6.07) is 11.3. The summed E-state index contributed by atoms with van der Waals surface area (Å²) in [4.78, 5) is 12.1. The minimum atomic E-state index is -3.74. The molecule has 9 heteroatoms. The molecule has 0 aliphatic rings. The molecular formula is C17H20AcN3O4S-. The molecule has 0 fully saturated rings. The average molecular weight is 589 g/mol. The molecule has 0 bridgehead atoms. The van der Waals surface area contributed by atoms with Gasteiger partial charge in [0.1, 0.15) is 0 Å². The van der Waals surface area contributed by atoms with Crippen LogP contribution >= 0.6 is 0 Å². The van der Waals surface area contributed by atoms with Crippen molar-refractivity contribution in [3.63, 3.8) is 0 Å². The van der Waals surface area contributed by atoms with Crippen molar-refractivity contribution in [2.45, 2.75) is 30.9 Å². The Morgan fingerprint density at radius 1 is 1.15 bits per heavy atom. The number of anilines is 2. The fourth-order valence-electron chi connectivity index (χ4n) is 2.06. The summed E-state index contributed by atoms with van der Waals surface area (Å²) in [5, 5.41) is 11.9. The van der Waals surface area contributed by atoms with Crippen LogP contribution in [-0.4, -0.2) is 31.6 Å². The fourth-order valence-corrected chi connectivity index (χ4v) is 3.13. The Labute approximate surface area is 189 Å². The number of amides is 1. The molecule has 2 atom stereocenters. The molecule has 0 saturated heterocycles. The second kappa shape index (κ2) is 9.81. The molecule has 2 aromatic rings. The number of aryl methyl sites for hydroxylation is 1. The monoisotopic (exact) mass is 589 g/mol. The Hall–Kier alpha value is -0.978. The van der Waals surface area contributed by atoms with Crippen molar-refractivity contribution in [1.29, 1.82) is 0 Å². The van der Waals surface area contributed by atoms with Crippen LogP contribution in [0.5, 0.6) is 0 Å². The largest absolute Gasteiger partial charge is 0.665 e. The summed E-state index contributed by atoms with van der Waals surface area (Å²) >= 11 is 0. The van der Waals surface area contributed by atoms with Crippen LogP contribution in [0.2, 0.25) is 0 Å². The fraction of sp³-hybridized carbons (Fsp3) is 0.235. The standard InChI is InChI=1S/C17H20N3O4S.Ac/c1-11-8-9-13(10-15(11)19-17(22)16(18)12(2)21)20-25(23,24)14-6-4-3-5-7-14;/h3-10,12,16,18,20-21H,1-2H3,(H,19,22);/q-1;. The van der Waals surface area contributed by atoms with Crippen molar-refractivity contribution < 1.29 is 62.4 Å². The van der Waals surface area contributed by atoms with Gasteiger partial charge in [-0.05, 0) is 49.7 Å². The molecule has 1 radical (unpaired) electrons. The third-order valence-electron chi connectivity index (χ3n) is 3.57. The van der Waals surface area contributed by atoms with Gasteiger partial charge in [-0.25, -0.2) is 8.42 Å². The molecule has 0 aromatic heterocycles. The number of hydrogen-bond donors (Lipinski definition) is 3. The maximum atomic E-state index is 12.4. The molecule has 2 aromatic carbocycles. The molecule has 0 spiro atoms. The zero-order valence-corrected chi connectivity index (χ0v) is 20.0. The molecule has 26 heavy (non-hydrogen) atoms. The first-order valence-electron chi connectivity index (χ1n) is 7.59. The molecule has 7 nitrogen and oxygen atoms in total. The summed E-state index contributed by atoms with van der Waals surface area (Å²) in [5.74, 6) is -0.666. The van der Waals surface area contributed by atoms with Crippen LogP contribution in [0.25, 0.3) is 5.73 Å². The number of rotatable bonds is 6. The zero-order chi connectivity index (χ0) is 18.6. The van der Waals surface area contributed by atoms with E-state index in [2.05, 4.69) is 10.0 Å². The van der Waals surface area contributed by atoms with E-state index in [1.807, 2.05) is 0 Å². The van der Waals surface area contributed by atoms with Crippen LogP contribution in [0.1, 0.15) is 12.5 Å². The SMILES string of the molecule is Cc1ccc(NS(=O)(=O)c2ccccc2)cc1NC(=O)C([NH-])C(C)O.[Ac]. The molecule has 2 unspecified atom stereocenters. The molecule has 0 saturated carbocycles. The first-order valence-corrected chi connectivity index (χ1v) is 9.07. The van der Waals surface area contributed by atoms with Crippen molar-refractivity contribution in [3.05, 3.63) is 59.8 Å². The van der Waals surface area contributed by atoms with Gasteiger partial charge in [0.15, 0.2) is 0 Å². The van der Waals surface area contributed by atoms with Gasteiger partial charge in [0.2, 0.25) is 5.91 Å². The number of benzene rings is 2. The van der Waals surface area contributed by atoms with Crippen molar-refractivity contribution in [1.82, 2.24) is 0 Å². The van der Waals surface area contributed by atoms with Gasteiger partial charge in [-0.1, -0.05) is 24.3 Å². The van der Waals surface area contributed by atoms with Gasteiger partial charge < -0.3 is 16.2 Å². The smallest absolute Gasteiger partial charge is 0.261 e. The van der Waals surface area contributed by atoms with Crippen LogP contribution in [0.3, 0.4) is 0 Å². The number of sulfonamides is 1. The van der Waals surface area contributed by atoms with Crippen molar-refractivity contribution in [2.24, 2.45) is 0 Å². The van der Waals surface area contributed by atoms with Gasteiger partial charge in [0.25, 0.3) is 10.0 Å². The van der Waals surface area contributed by atoms with Gasteiger partial charge in [0, 0.05) is 55.9 Å². The predicted octanol–water partition coefficient (Wildman–Crippen LogP) is 2.54. The third-order valence-corrected chi connectivity index (χ3v) is 4.96. The Bertz CT molecular complexity index is 858. The van der Waals surface area contributed by atoms with E-state index in [4.69, 9.17) is 5.73 Å². The maximum absolute atomic E-state index is 12.4. The van der Waals surface area contributed by atoms with Crippen LogP contribution in [0.15, 0.2) is 53.4 Å². The van der Waals surface area contributed by atoms with Crippen LogP contribution in [0.4, 0.5) is 11.4 Å². The summed E-state index contributed by atoms with van der Waals surface area (Å²) in [7, 11) is -3.74. The van der Waals surface area contributed by atoms with E-state index in [1.165, 1.54) is 25.1 Å². The Morgan fingerprint density at radius 2 is 1.77 bits per heavy atom. The zero-order valence-electron chi connectivity index (χ0n) is 14.4. The van der Waals surface area contributed by atoms with E-state index in [1.54, 1.807) is 37.3 Å². The second-order valence-electron chi connectivity index (χ2n) is 5.66. The molecule has 2 rings (SSSR count). The first kappa shape index (κ1) is 23.1. The van der Waals surface area contributed by atoms with Gasteiger partial charge in [-0.2, -0.15) is 0 Å². The van der Waals surface area contributed by atoms with E-state index in [0.717, 1.165) is 0 Å². The minimum absolute atomic E-state index is 0. The molecule has 137 valence electrons. The van der Waals surface area contributed by atoms with Crippen LogP contribution < -0.4 is 10.0 Å². The van der Waals surface area contributed by atoms with E-state index in [-0.39, 0.29) is 54.6 Å². The quantitative estimate of drug-likeness (QED) is 0.480. The molecule has 1 amide bonds. The Morgan fingerprint density at radius 3 is 2.35 bits per heavy atom. The van der Waals surface area contributed by atoms with E-state index in [9.17, 15) is 18.3 Å². The van der Waals surface area contributed by atoms with E-state index < -0.39 is 28.1 Å². The van der Waals surface area contributed by atoms with Crippen molar-refractivity contribution in [2.75, 3.05) is 10.0 Å². The first-order chi connectivity index (χ1) is 11.7. The number of aliphatic hydroxyl groups excluding tert-OH is 1. The summed E-state index contributed by atoms with van der Waals surface area (Å²) in [5.41, 5.74) is 8.94. The molecule has 0 aliphatic carbocycles.